The lowest BCUT2D eigenvalue weighted by Gasteiger charge is -2.34. The molecule has 1 aliphatic rings. The van der Waals surface area contributed by atoms with Crippen LogP contribution in [0.15, 0.2) is 18.2 Å². The number of carbonyl (C=O) groups excluding carboxylic acids is 2. The van der Waals surface area contributed by atoms with Crippen molar-refractivity contribution < 1.29 is 23.8 Å². The first kappa shape index (κ1) is 20.1. The Morgan fingerprint density at radius 1 is 1.19 bits per heavy atom. The molecule has 0 unspecified atom stereocenters. The molecule has 0 aliphatic heterocycles. The Kier molecular flexibility index (Phi) is 7.30. The molecule has 26 heavy (non-hydrogen) atoms. The molecule has 0 aromatic heterocycles. The fraction of sp³-hybridized carbons (Fsp3) is 0.600. The SMILES string of the molecule is CCOc1ccc(C(=O)OCC(=O)N[C@H]2CCC[C@H](C)[C@@H]2C)cc1OC. The van der Waals surface area contributed by atoms with Gasteiger partial charge in [-0.15, -0.1) is 0 Å². The number of nitrogens with one attached hydrogen (secondary N) is 1. The van der Waals surface area contributed by atoms with Gasteiger partial charge >= 0.3 is 5.97 Å². The van der Waals surface area contributed by atoms with Gasteiger partial charge in [-0.3, -0.25) is 4.79 Å². The largest absolute Gasteiger partial charge is 0.493 e. The molecule has 6 heteroatoms. The van der Waals surface area contributed by atoms with Crippen molar-refractivity contribution >= 4 is 11.9 Å². The maximum Gasteiger partial charge on any atom is 0.338 e. The van der Waals surface area contributed by atoms with Crippen LogP contribution in [0.25, 0.3) is 0 Å². The third-order valence-electron chi connectivity index (χ3n) is 5.09. The molecule has 1 aromatic carbocycles. The highest BCUT2D eigenvalue weighted by atomic mass is 16.5. The van der Waals surface area contributed by atoms with Gasteiger partial charge in [-0.05, 0) is 43.4 Å². The van der Waals surface area contributed by atoms with E-state index >= 15 is 0 Å². The number of rotatable bonds is 7. The number of carbonyl (C=O) groups is 2. The second-order valence-corrected chi connectivity index (χ2v) is 6.82. The summed E-state index contributed by atoms with van der Waals surface area (Å²) in [7, 11) is 1.51. The smallest absolute Gasteiger partial charge is 0.338 e. The maximum atomic E-state index is 12.2. The van der Waals surface area contributed by atoms with Crippen LogP contribution in [-0.4, -0.2) is 38.2 Å². The van der Waals surface area contributed by atoms with E-state index < -0.39 is 5.97 Å². The summed E-state index contributed by atoms with van der Waals surface area (Å²) in [6.07, 6.45) is 3.28. The number of methoxy groups -OCH3 is 1. The summed E-state index contributed by atoms with van der Waals surface area (Å²) in [5, 5.41) is 2.99. The summed E-state index contributed by atoms with van der Waals surface area (Å²) in [5.41, 5.74) is 0.317. The van der Waals surface area contributed by atoms with Gasteiger partial charge in [0.25, 0.3) is 5.91 Å². The molecule has 1 N–H and O–H groups in total. The van der Waals surface area contributed by atoms with Crippen LogP contribution in [0.2, 0.25) is 0 Å². The van der Waals surface area contributed by atoms with Crippen molar-refractivity contribution in [1.82, 2.24) is 5.32 Å². The number of benzene rings is 1. The monoisotopic (exact) mass is 363 g/mol. The van der Waals surface area contributed by atoms with E-state index in [0.29, 0.717) is 35.5 Å². The highest BCUT2D eigenvalue weighted by molar-refractivity contribution is 5.92. The van der Waals surface area contributed by atoms with E-state index in [2.05, 4.69) is 19.2 Å². The standard InChI is InChI=1S/C20H29NO5/c1-5-25-17-10-9-15(11-18(17)24-4)20(23)26-12-19(22)21-16-8-6-7-13(2)14(16)3/h9-11,13-14,16H,5-8,12H2,1-4H3,(H,21,22)/t13-,14-,16-/m0/s1. The van der Waals surface area contributed by atoms with E-state index in [4.69, 9.17) is 14.2 Å². The van der Waals surface area contributed by atoms with Crippen molar-refractivity contribution in [2.75, 3.05) is 20.3 Å². The first-order valence-electron chi connectivity index (χ1n) is 9.23. The topological polar surface area (TPSA) is 73.9 Å². The number of hydrogen-bond acceptors (Lipinski definition) is 5. The average molecular weight is 363 g/mol. The molecule has 1 aromatic rings. The first-order valence-corrected chi connectivity index (χ1v) is 9.23. The van der Waals surface area contributed by atoms with Crippen LogP contribution < -0.4 is 14.8 Å². The minimum absolute atomic E-state index is 0.149. The zero-order valence-corrected chi connectivity index (χ0v) is 16.0. The maximum absolute atomic E-state index is 12.2. The molecule has 6 nitrogen and oxygen atoms in total. The Balaban J connectivity index is 1.88. The Morgan fingerprint density at radius 3 is 2.65 bits per heavy atom. The Hall–Kier alpha value is -2.24. The Bertz CT molecular complexity index is 631. The fourth-order valence-corrected chi connectivity index (χ4v) is 3.32. The van der Waals surface area contributed by atoms with Crippen molar-refractivity contribution in [3.63, 3.8) is 0 Å². The van der Waals surface area contributed by atoms with Crippen molar-refractivity contribution in [3.8, 4) is 11.5 Å². The fourth-order valence-electron chi connectivity index (χ4n) is 3.32. The molecule has 3 atom stereocenters. The first-order chi connectivity index (χ1) is 12.5. The molecule has 0 bridgehead atoms. The zero-order chi connectivity index (χ0) is 19.1. The van der Waals surface area contributed by atoms with Crippen LogP contribution in [0.5, 0.6) is 11.5 Å². The quantitative estimate of drug-likeness (QED) is 0.753. The van der Waals surface area contributed by atoms with Crippen LogP contribution >= 0.6 is 0 Å². The minimum atomic E-state index is -0.563. The lowest BCUT2D eigenvalue weighted by Crippen LogP contribution is -2.45. The summed E-state index contributed by atoms with van der Waals surface area (Å²) >= 11 is 0. The van der Waals surface area contributed by atoms with Gasteiger partial charge in [0, 0.05) is 6.04 Å². The van der Waals surface area contributed by atoms with E-state index in [1.165, 1.54) is 13.5 Å². The highest BCUT2D eigenvalue weighted by Crippen LogP contribution is 2.30. The second kappa shape index (κ2) is 9.46. The van der Waals surface area contributed by atoms with Gasteiger partial charge in [0.05, 0.1) is 19.3 Å². The number of esters is 1. The van der Waals surface area contributed by atoms with Gasteiger partial charge in [-0.2, -0.15) is 0 Å². The Morgan fingerprint density at radius 2 is 1.96 bits per heavy atom. The van der Waals surface area contributed by atoms with Crippen molar-refractivity contribution in [2.45, 2.75) is 46.1 Å². The lowest BCUT2D eigenvalue weighted by molar-refractivity contribution is -0.125. The number of hydrogen-bond donors (Lipinski definition) is 1. The lowest BCUT2D eigenvalue weighted by atomic mass is 9.78. The molecular formula is C20H29NO5. The van der Waals surface area contributed by atoms with Crippen LogP contribution in [0.1, 0.15) is 50.4 Å². The summed E-state index contributed by atoms with van der Waals surface area (Å²) in [5.74, 6) is 1.21. The van der Waals surface area contributed by atoms with Crippen LogP contribution in [-0.2, 0) is 9.53 Å². The molecule has 1 fully saturated rings. The van der Waals surface area contributed by atoms with Gasteiger partial charge in [0.2, 0.25) is 0 Å². The minimum Gasteiger partial charge on any atom is -0.493 e. The van der Waals surface area contributed by atoms with Gasteiger partial charge in [0.15, 0.2) is 18.1 Å². The zero-order valence-electron chi connectivity index (χ0n) is 16.0. The van der Waals surface area contributed by atoms with E-state index in [1.807, 2.05) is 6.92 Å². The predicted molar refractivity (Wildman–Crippen MR) is 98.6 cm³/mol. The van der Waals surface area contributed by atoms with Gasteiger partial charge in [-0.25, -0.2) is 4.79 Å². The summed E-state index contributed by atoms with van der Waals surface area (Å²) in [4.78, 5) is 24.3. The number of ether oxygens (including phenoxy) is 3. The molecule has 144 valence electrons. The van der Waals surface area contributed by atoms with Crippen molar-refractivity contribution in [1.29, 1.82) is 0 Å². The van der Waals surface area contributed by atoms with E-state index in [0.717, 1.165) is 12.8 Å². The van der Waals surface area contributed by atoms with E-state index in [-0.39, 0.29) is 18.6 Å². The summed E-state index contributed by atoms with van der Waals surface area (Å²) < 4.78 is 15.8. The molecule has 2 rings (SSSR count). The molecule has 0 saturated heterocycles. The molecule has 0 heterocycles. The normalized spacial score (nSPS) is 22.4. The average Bonchev–Trinajstić information content (AvgIpc) is 2.64. The van der Waals surface area contributed by atoms with Crippen LogP contribution in [0.4, 0.5) is 0 Å². The van der Waals surface area contributed by atoms with E-state index in [9.17, 15) is 9.59 Å². The van der Waals surface area contributed by atoms with Crippen molar-refractivity contribution in [2.24, 2.45) is 11.8 Å². The highest BCUT2D eigenvalue weighted by Gasteiger charge is 2.28. The molecule has 0 spiro atoms. The van der Waals surface area contributed by atoms with Gasteiger partial charge in [-0.1, -0.05) is 26.7 Å². The Labute approximate surface area is 155 Å². The molecule has 1 saturated carbocycles. The van der Waals surface area contributed by atoms with Gasteiger partial charge < -0.3 is 19.5 Å². The number of amides is 1. The summed E-state index contributed by atoms with van der Waals surface area (Å²) in [6, 6.07) is 4.95. The molecule has 0 radical (unpaired) electrons. The second-order valence-electron chi connectivity index (χ2n) is 6.82. The molecule has 1 aliphatic carbocycles. The summed E-state index contributed by atoms with van der Waals surface area (Å²) in [6.45, 7) is 6.45. The molecule has 1 amide bonds. The van der Waals surface area contributed by atoms with Crippen LogP contribution in [0.3, 0.4) is 0 Å². The predicted octanol–water partition coefficient (Wildman–Crippen LogP) is 3.19. The molecular weight excluding hydrogens is 334 g/mol. The van der Waals surface area contributed by atoms with E-state index in [1.54, 1.807) is 18.2 Å². The van der Waals surface area contributed by atoms with Gasteiger partial charge in [0.1, 0.15) is 0 Å². The third-order valence-corrected chi connectivity index (χ3v) is 5.09. The van der Waals surface area contributed by atoms with Crippen LogP contribution in [0, 0.1) is 11.8 Å². The third kappa shape index (κ3) is 5.13. The van der Waals surface area contributed by atoms with Crippen molar-refractivity contribution in [3.05, 3.63) is 23.8 Å².